The molecule has 3 nitrogen and oxygen atoms in total. The Morgan fingerprint density at radius 1 is 1.47 bits per heavy atom. The maximum Gasteiger partial charge on any atom is 0.0850 e. The summed E-state index contributed by atoms with van der Waals surface area (Å²) in [4.78, 5) is 0. The minimum absolute atomic E-state index is 0.327. The van der Waals surface area contributed by atoms with Crippen molar-refractivity contribution in [3.8, 4) is 0 Å². The highest BCUT2D eigenvalue weighted by atomic mass is 35.5. The average molecular weight is 277 g/mol. The molecule has 98 valence electrons. The second kappa shape index (κ2) is 7.29. The van der Waals surface area contributed by atoms with Gasteiger partial charge in [0.25, 0.3) is 0 Å². The van der Waals surface area contributed by atoms with Gasteiger partial charge in [0.05, 0.1) is 22.5 Å². The first-order valence-corrected chi connectivity index (χ1v) is 7.59. The summed E-state index contributed by atoms with van der Waals surface area (Å²) < 4.78 is 1.79. The SMILES string of the molecule is CCSCCC(O)Cc1c(Cl)c(CC)nn1C. The van der Waals surface area contributed by atoms with Crippen LogP contribution in [0.25, 0.3) is 0 Å². The van der Waals surface area contributed by atoms with Crippen molar-refractivity contribution in [2.45, 2.75) is 39.2 Å². The fourth-order valence-electron chi connectivity index (χ4n) is 1.73. The first-order valence-electron chi connectivity index (χ1n) is 6.06. The number of thioether (sulfide) groups is 1. The molecule has 5 heteroatoms. The van der Waals surface area contributed by atoms with Gasteiger partial charge in [-0.05, 0) is 24.3 Å². The molecule has 1 unspecified atom stereocenters. The van der Waals surface area contributed by atoms with Gasteiger partial charge in [0, 0.05) is 13.5 Å². The monoisotopic (exact) mass is 276 g/mol. The molecule has 0 aliphatic carbocycles. The van der Waals surface area contributed by atoms with E-state index in [9.17, 15) is 5.11 Å². The largest absolute Gasteiger partial charge is 0.393 e. The molecule has 0 saturated carbocycles. The molecule has 0 saturated heterocycles. The number of nitrogens with zero attached hydrogens (tertiary/aromatic N) is 2. The van der Waals surface area contributed by atoms with E-state index in [0.29, 0.717) is 6.42 Å². The Balaban J connectivity index is 2.58. The van der Waals surface area contributed by atoms with E-state index in [1.807, 2.05) is 25.7 Å². The van der Waals surface area contributed by atoms with Crippen molar-refractivity contribution < 1.29 is 5.11 Å². The Morgan fingerprint density at radius 3 is 2.71 bits per heavy atom. The summed E-state index contributed by atoms with van der Waals surface area (Å²) in [6.45, 7) is 4.16. The van der Waals surface area contributed by atoms with Gasteiger partial charge in [-0.15, -0.1) is 0 Å². The van der Waals surface area contributed by atoms with E-state index >= 15 is 0 Å². The molecule has 1 aromatic rings. The van der Waals surface area contributed by atoms with Gasteiger partial charge in [0.15, 0.2) is 0 Å². The Kier molecular flexibility index (Phi) is 6.38. The van der Waals surface area contributed by atoms with Crippen LogP contribution in [0.1, 0.15) is 31.7 Å². The van der Waals surface area contributed by atoms with Crippen LogP contribution in [0.3, 0.4) is 0 Å². The molecule has 0 fully saturated rings. The first kappa shape index (κ1) is 14.9. The summed E-state index contributed by atoms with van der Waals surface area (Å²) in [7, 11) is 1.88. The van der Waals surface area contributed by atoms with Crippen LogP contribution >= 0.6 is 23.4 Å². The smallest absolute Gasteiger partial charge is 0.0850 e. The average Bonchev–Trinajstić information content (AvgIpc) is 2.57. The van der Waals surface area contributed by atoms with Gasteiger partial charge in [0.1, 0.15) is 0 Å². The second-order valence-corrected chi connectivity index (χ2v) is 5.80. The Hall–Kier alpha value is -0.190. The Labute approximate surface area is 113 Å². The van der Waals surface area contributed by atoms with Crippen molar-refractivity contribution in [2.75, 3.05) is 11.5 Å². The quantitative estimate of drug-likeness (QED) is 0.778. The van der Waals surface area contributed by atoms with Gasteiger partial charge < -0.3 is 5.11 Å². The first-order chi connectivity index (χ1) is 8.10. The minimum atomic E-state index is -0.327. The zero-order valence-corrected chi connectivity index (χ0v) is 12.3. The van der Waals surface area contributed by atoms with Crippen molar-refractivity contribution in [1.82, 2.24) is 9.78 Å². The molecule has 0 spiro atoms. The van der Waals surface area contributed by atoms with E-state index in [4.69, 9.17) is 11.6 Å². The molecule has 1 atom stereocenters. The van der Waals surface area contributed by atoms with Crippen molar-refractivity contribution in [3.63, 3.8) is 0 Å². The van der Waals surface area contributed by atoms with Crippen LogP contribution < -0.4 is 0 Å². The number of aliphatic hydroxyl groups is 1. The highest BCUT2D eigenvalue weighted by molar-refractivity contribution is 7.99. The zero-order valence-electron chi connectivity index (χ0n) is 10.7. The zero-order chi connectivity index (χ0) is 12.8. The summed E-state index contributed by atoms with van der Waals surface area (Å²) in [5.74, 6) is 2.09. The van der Waals surface area contributed by atoms with Crippen LogP contribution in [-0.4, -0.2) is 32.5 Å². The van der Waals surface area contributed by atoms with Gasteiger partial charge in [-0.2, -0.15) is 16.9 Å². The predicted octanol–water partition coefficient (Wildman–Crippen LogP) is 2.68. The highest BCUT2D eigenvalue weighted by Crippen LogP contribution is 2.22. The molecule has 1 heterocycles. The standard InChI is InChI=1S/C12H21ClN2OS/c1-4-10-12(13)11(15(3)14-10)8-9(16)6-7-17-5-2/h9,16H,4-8H2,1-3H3. The number of aliphatic hydroxyl groups excluding tert-OH is 1. The summed E-state index contributed by atoms with van der Waals surface area (Å²) in [5, 5.41) is 15.0. The lowest BCUT2D eigenvalue weighted by molar-refractivity contribution is 0.169. The summed E-state index contributed by atoms with van der Waals surface area (Å²) in [6.07, 6.45) is 1.90. The normalized spacial score (nSPS) is 13.0. The lowest BCUT2D eigenvalue weighted by Crippen LogP contribution is -2.14. The lowest BCUT2D eigenvalue weighted by Gasteiger charge is -2.10. The van der Waals surface area contributed by atoms with Gasteiger partial charge >= 0.3 is 0 Å². The summed E-state index contributed by atoms with van der Waals surface area (Å²) >= 11 is 8.09. The summed E-state index contributed by atoms with van der Waals surface area (Å²) in [6, 6.07) is 0. The molecule has 0 aliphatic heterocycles. The van der Waals surface area contributed by atoms with Gasteiger partial charge in [-0.3, -0.25) is 4.68 Å². The van der Waals surface area contributed by atoms with E-state index in [1.165, 1.54) is 0 Å². The number of aromatic nitrogens is 2. The van der Waals surface area contributed by atoms with Gasteiger partial charge in [0.2, 0.25) is 0 Å². The van der Waals surface area contributed by atoms with Crippen LogP contribution in [0, 0.1) is 0 Å². The molecule has 1 N–H and O–H groups in total. The van der Waals surface area contributed by atoms with E-state index in [2.05, 4.69) is 12.0 Å². The topological polar surface area (TPSA) is 38.1 Å². The molecular formula is C12H21ClN2OS. The van der Waals surface area contributed by atoms with Crippen LogP contribution in [-0.2, 0) is 19.9 Å². The van der Waals surface area contributed by atoms with Crippen molar-refractivity contribution in [2.24, 2.45) is 7.05 Å². The number of hydrogen-bond donors (Lipinski definition) is 1. The second-order valence-electron chi connectivity index (χ2n) is 4.03. The van der Waals surface area contributed by atoms with E-state index in [0.717, 1.165) is 40.8 Å². The minimum Gasteiger partial charge on any atom is -0.393 e. The number of halogens is 1. The number of aryl methyl sites for hydroxylation is 2. The van der Waals surface area contributed by atoms with E-state index in [-0.39, 0.29) is 6.10 Å². The van der Waals surface area contributed by atoms with E-state index < -0.39 is 0 Å². The number of rotatable bonds is 7. The molecule has 0 amide bonds. The molecule has 0 aliphatic rings. The maximum absolute atomic E-state index is 9.95. The summed E-state index contributed by atoms with van der Waals surface area (Å²) in [5.41, 5.74) is 1.86. The molecule has 17 heavy (non-hydrogen) atoms. The van der Waals surface area contributed by atoms with Crippen molar-refractivity contribution in [1.29, 1.82) is 0 Å². The number of hydrogen-bond acceptors (Lipinski definition) is 3. The third-order valence-corrected chi connectivity index (χ3v) is 4.10. The maximum atomic E-state index is 9.95. The highest BCUT2D eigenvalue weighted by Gasteiger charge is 2.16. The van der Waals surface area contributed by atoms with Crippen LogP contribution in [0.5, 0.6) is 0 Å². The van der Waals surface area contributed by atoms with Gasteiger partial charge in [-0.25, -0.2) is 0 Å². The third-order valence-electron chi connectivity index (χ3n) is 2.73. The van der Waals surface area contributed by atoms with Crippen molar-refractivity contribution in [3.05, 3.63) is 16.4 Å². The van der Waals surface area contributed by atoms with Crippen LogP contribution in [0.15, 0.2) is 0 Å². The van der Waals surface area contributed by atoms with Crippen LogP contribution in [0.4, 0.5) is 0 Å². The van der Waals surface area contributed by atoms with Gasteiger partial charge in [-0.1, -0.05) is 25.4 Å². The Morgan fingerprint density at radius 2 is 2.18 bits per heavy atom. The molecule has 0 bridgehead atoms. The molecule has 1 rings (SSSR count). The molecule has 0 aromatic carbocycles. The fraction of sp³-hybridized carbons (Fsp3) is 0.750. The molecule has 1 aromatic heterocycles. The predicted molar refractivity (Wildman–Crippen MR) is 74.9 cm³/mol. The molecular weight excluding hydrogens is 256 g/mol. The van der Waals surface area contributed by atoms with E-state index in [1.54, 1.807) is 4.68 Å². The molecule has 0 radical (unpaired) electrons. The van der Waals surface area contributed by atoms with Crippen LogP contribution in [0.2, 0.25) is 5.02 Å². The fourth-order valence-corrected chi connectivity index (χ4v) is 2.83. The third kappa shape index (κ3) is 4.19. The lowest BCUT2D eigenvalue weighted by atomic mass is 10.1. The van der Waals surface area contributed by atoms with Crippen molar-refractivity contribution >= 4 is 23.4 Å². The Bertz CT molecular complexity index is 355.